The largest absolute Gasteiger partial charge is 0.340 e. The fourth-order valence-electron chi connectivity index (χ4n) is 2.33. The van der Waals surface area contributed by atoms with Crippen LogP contribution < -0.4 is 5.32 Å². The van der Waals surface area contributed by atoms with Gasteiger partial charge in [0.15, 0.2) is 0 Å². The summed E-state index contributed by atoms with van der Waals surface area (Å²) >= 11 is 2.04. The number of nitrogens with zero attached hydrogens (tertiary/aromatic N) is 1. The molecule has 86 valence electrons. The maximum atomic E-state index is 11.9. The predicted molar refractivity (Wildman–Crippen MR) is 64.1 cm³/mol. The van der Waals surface area contributed by atoms with Crippen LogP contribution in [0.4, 0.5) is 0 Å². The third kappa shape index (κ3) is 2.88. The summed E-state index contributed by atoms with van der Waals surface area (Å²) in [5, 5.41) is 3.20. The van der Waals surface area contributed by atoms with Crippen molar-refractivity contribution in [1.82, 2.24) is 10.2 Å². The second kappa shape index (κ2) is 5.21. The van der Waals surface area contributed by atoms with E-state index >= 15 is 0 Å². The van der Waals surface area contributed by atoms with Gasteiger partial charge in [-0.15, -0.1) is 0 Å². The number of amides is 1. The number of hydrogen-bond donors (Lipinski definition) is 1. The van der Waals surface area contributed by atoms with Gasteiger partial charge in [0.05, 0.1) is 6.04 Å². The summed E-state index contributed by atoms with van der Waals surface area (Å²) in [6.45, 7) is 4.79. The highest BCUT2D eigenvalue weighted by Crippen LogP contribution is 2.23. The molecule has 2 heterocycles. The zero-order chi connectivity index (χ0) is 10.7. The number of rotatable bonds is 2. The number of hydrogen-bond acceptors (Lipinski definition) is 3. The molecule has 15 heavy (non-hydrogen) atoms. The highest BCUT2D eigenvalue weighted by molar-refractivity contribution is 7.99. The Labute approximate surface area is 96.0 Å². The summed E-state index contributed by atoms with van der Waals surface area (Å²) in [4.78, 5) is 13.9. The van der Waals surface area contributed by atoms with Crippen molar-refractivity contribution < 1.29 is 4.79 Å². The number of nitrogens with one attached hydrogen (secondary N) is 1. The molecular weight excluding hydrogens is 208 g/mol. The molecule has 0 aromatic heterocycles. The zero-order valence-electron chi connectivity index (χ0n) is 9.37. The lowest BCUT2D eigenvalue weighted by Gasteiger charge is -2.35. The van der Waals surface area contributed by atoms with Gasteiger partial charge in [-0.1, -0.05) is 0 Å². The second-order valence-electron chi connectivity index (χ2n) is 4.54. The van der Waals surface area contributed by atoms with E-state index < -0.39 is 0 Å². The SMILES string of the molecule is CC1NCCN(CC2CCCSC2)C1=O. The highest BCUT2D eigenvalue weighted by atomic mass is 32.2. The van der Waals surface area contributed by atoms with E-state index in [0.717, 1.165) is 25.6 Å². The number of piperazine rings is 1. The molecule has 0 aliphatic carbocycles. The molecule has 1 N–H and O–H groups in total. The first kappa shape index (κ1) is 11.3. The van der Waals surface area contributed by atoms with Crippen LogP contribution >= 0.6 is 11.8 Å². The van der Waals surface area contributed by atoms with E-state index in [1.165, 1.54) is 24.3 Å². The predicted octanol–water partition coefficient (Wildman–Crippen LogP) is 0.950. The van der Waals surface area contributed by atoms with Gasteiger partial charge >= 0.3 is 0 Å². The minimum atomic E-state index is 0.0231. The monoisotopic (exact) mass is 228 g/mol. The Balaban J connectivity index is 1.84. The van der Waals surface area contributed by atoms with Gasteiger partial charge in [-0.2, -0.15) is 11.8 Å². The Hall–Kier alpha value is -0.220. The first-order chi connectivity index (χ1) is 7.27. The van der Waals surface area contributed by atoms with Gasteiger partial charge in [-0.25, -0.2) is 0 Å². The molecule has 2 atom stereocenters. The first-order valence-corrected chi connectivity index (χ1v) is 7.03. The summed E-state index contributed by atoms with van der Waals surface area (Å²) in [5.41, 5.74) is 0. The van der Waals surface area contributed by atoms with Crippen molar-refractivity contribution in [2.45, 2.75) is 25.8 Å². The Bertz CT molecular complexity index is 229. The van der Waals surface area contributed by atoms with Gasteiger partial charge in [0.1, 0.15) is 0 Å². The van der Waals surface area contributed by atoms with Crippen LogP contribution in [0.1, 0.15) is 19.8 Å². The summed E-state index contributed by atoms with van der Waals surface area (Å²) in [6.07, 6.45) is 2.63. The standard InChI is InChI=1S/C11H20N2OS/c1-9-11(14)13(5-4-12-9)7-10-3-2-6-15-8-10/h9-10,12H,2-8H2,1H3. The van der Waals surface area contributed by atoms with Gasteiger partial charge in [0.25, 0.3) is 0 Å². The molecule has 2 unspecified atom stereocenters. The Morgan fingerprint density at radius 3 is 3.20 bits per heavy atom. The van der Waals surface area contributed by atoms with Crippen molar-refractivity contribution in [3.05, 3.63) is 0 Å². The summed E-state index contributed by atoms with van der Waals surface area (Å²) in [5.74, 6) is 3.57. The topological polar surface area (TPSA) is 32.3 Å². The van der Waals surface area contributed by atoms with E-state index in [9.17, 15) is 4.79 Å². The fourth-order valence-corrected chi connectivity index (χ4v) is 3.47. The van der Waals surface area contributed by atoms with E-state index in [0.29, 0.717) is 0 Å². The van der Waals surface area contributed by atoms with Gasteiger partial charge in [0.2, 0.25) is 5.91 Å². The van der Waals surface area contributed by atoms with Crippen LogP contribution in [0.2, 0.25) is 0 Å². The first-order valence-electron chi connectivity index (χ1n) is 5.87. The summed E-state index contributed by atoms with van der Waals surface area (Å²) in [7, 11) is 0. The minimum absolute atomic E-state index is 0.0231. The smallest absolute Gasteiger partial charge is 0.239 e. The lowest BCUT2D eigenvalue weighted by molar-refractivity contribution is -0.135. The van der Waals surface area contributed by atoms with Crippen molar-refractivity contribution in [2.75, 3.05) is 31.1 Å². The van der Waals surface area contributed by atoms with Crippen LogP contribution in [0.5, 0.6) is 0 Å². The van der Waals surface area contributed by atoms with Crippen LogP contribution in [0.3, 0.4) is 0 Å². The molecule has 0 saturated carbocycles. The second-order valence-corrected chi connectivity index (χ2v) is 5.69. The van der Waals surface area contributed by atoms with Crippen LogP contribution in [0, 0.1) is 5.92 Å². The van der Waals surface area contributed by atoms with Crippen LogP contribution in [-0.2, 0) is 4.79 Å². The summed E-state index contributed by atoms with van der Waals surface area (Å²) in [6, 6.07) is 0.0231. The van der Waals surface area contributed by atoms with Crippen LogP contribution in [0.25, 0.3) is 0 Å². The van der Waals surface area contributed by atoms with Gasteiger partial charge < -0.3 is 10.2 Å². The maximum Gasteiger partial charge on any atom is 0.239 e. The lowest BCUT2D eigenvalue weighted by Crippen LogP contribution is -2.54. The molecule has 0 spiro atoms. The van der Waals surface area contributed by atoms with E-state index in [1.807, 2.05) is 18.7 Å². The van der Waals surface area contributed by atoms with E-state index in [2.05, 4.69) is 10.2 Å². The van der Waals surface area contributed by atoms with Crippen molar-refractivity contribution >= 4 is 17.7 Å². The van der Waals surface area contributed by atoms with Crippen LogP contribution in [0.15, 0.2) is 0 Å². The normalized spacial score (nSPS) is 33.1. The maximum absolute atomic E-state index is 11.9. The number of thioether (sulfide) groups is 1. The fraction of sp³-hybridized carbons (Fsp3) is 0.909. The molecular formula is C11H20N2OS. The molecule has 2 aliphatic heterocycles. The molecule has 2 aliphatic rings. The van der Waals surface area contributed by atoms with Gasteiger partial charge in [-0.3, -0.25) is 4.79 Å². The third-order valence-electron chi connectivity index (χ3n) is 3.25. The minimum Gasteiger partial charge on any atom is -0.340 e. The van der Waals surface area contributed by atoms with Crippen LogP contribution in [-0.4, -0.2) is 48.0 Å². The third-order valence-corrected chi connectivity index (χ3v) is 4.53. The average molecular weight is 228 g/mol. The van der Waals surface area contributed by atoms with E-state index in [4.69, 9.17) is 0 Å². The number of carbonyl (C=O) groups is 1. The van der Waals surface area contributed by atoms with Crippen molar-refractivity contribution in [3.8, 4) is 0 Å². The Morgan fingerprint density at radius 2 is 2.47 bits per heavy atom. The zero-order valence-corrected chi connectivity index (χ0v) is 10.2. The molecule has 0 aromatic rings. The van der Waals surface area contributed by atoms with Gasteiger partial charge in [-0.05, 0) is 37.2 Å². The molecule has 0 bridgehead atoms. The molecule has 2 rings (SSSR count). The van der Waals surface area contributed by atoms with Gasteiger partial charge in [0, 0.05) is 19.6 Å². The average Bonchev–Trinajstić information content (AvgIpc) is 2.26. The number of carbonyl (C=O) groups excluding carboxylic acids is 1. The lowest BCUT2D eigenvalue weighted by atomic mass is 10.0. The van der Waals surface area contributed by atoms with E-state index in [1.54, 1.807) is 0 Å². The molecule has 3 nitrogen and oxygen atoms in total. The van der Waals surface area contributed by atoms with Crippen molar-refractivity contribution in [2.24, 2.45) is 5.92 Å². The highest BCUT2D eigenvalue weighted by Gasteiger charge is 2.27. The molecule has 1 amide bonds. The Morgan fingerprint density at radius 1 is 1.60 bits per heavy atom. The summed E-state index contributed by atoms with van der Waals surface area (Å²) < 4.78 is 0. The Kier molecular flexibility index (Phi) is 3.92. The quantitative estimate of drug-likeness (QED) is 0.764. The van der Waals surface area contributed by atoms with Crippen molar-refractivity contribution in [3.63, 3.8) is 0 Å². The molecule has 0 radical (unpaired) electrons. The van der Waals surface area contributed by atoms with Crippen molar-refractivity contribution in [1.29, 1.82) is 0 Å². The molecule has 2 fully saturated rings. The molecule has 0 aromatic carbocycles. The molecule has 4 heteroatoms. The molecule has 2 saturated heterocycles. The van der Waals surface area contributed by atoms with E-state index in [-0.39, 0.29) is 11.9 Å².